The van der Waals surface area contributed by atoms with E-state index in [1.165, 1.54) is 18.1 Å². The number of pyridine rings is 1. The summed E-state index contributed by atoms with van der Waals surface area (Å²) in [5.74, 6) is -1.07. The summed E-state index contributed by atoms with van der Waals surface area (Å²) >= 11 is 0. The Morgan fingerprint density at radius 2 is 1.88 bits per heavy atom. The number of fused-ring (bicyclic) bond motifs is 1. The van der Waals surface area contributed by atoms with Gasteiger partial charge in [-0.25, -0.2) is 4.79 Å². The second kappa shape index (κ2) is 9.06. The summed E-state index contributed by atoms with van der Waals surface area (Å²) in [5.41, 5.74) is 7.18. The molecule has 2 aromatic heterocycles. The fourth-order valence-electron chi connectivity index (χ4n) is 4.58. The number of aryl methyl sites for hydroxylation is 1. The summed E-state index contributed by atoms with van der Waals surface area (Å²) in [6.45, 7) is 1.92. The van der Waals surface area contributed by atoms with Gasteiger partial charge >= 0.3 is 5.97 Å². The van der Waals surface area contributed by atoms with Crippen molar-refractivity contribution in [2.75, 3.05) is 0 Å². The van der Waals surface area contributed by atoms with E-state index in [4.69, 9.17) is 5.11 Å². The van der Waals surface area contributed by atoms with Gasteiger partial charge in [-0.1, -0.05) is 48.9 Å². The number of benzene rings is 2. The van der Waals surface area contributed by atoms with Crippen LogP contribution in [0.1, 0.15) is 47.3 Å². The summed E-state index contributed by atoms with van der Waals surface area (Å²) in [7, 11) is 0. The van der Waals surface area contributed by atoms with Crippen molar-refractivity contribution in [3.8, 4) is 0 Å². The number of allylic oxidation sites excluding steroid dienone is 1. The van der Waals surface area contributed by atoms with Crippen LogP contribution in [0.5, 0.6) is 0 Å². The minimum absolute atomic E-state index is 0.397. The third kappa shape index (κ3) is 4.15. The maximum absolute atomic E-state index is 14.4. The van der Waals surface area contributed by atoms with Crippen LogP contribution in [-0.4, -0.2) is 26.3 Å². The van der Waals surface area contributed by atoms with Crippen LogP contribution in [0, 0.1) is 18.8 Å². The van der Waals surface area contributed by atoms with Gasteiger partial charge in [0.15, 0.2) is 0 Å². The summed E-state index contributed by atoms with van der Waals surface area (Å²) in [6, 6.07) is 19.8. The van der Waals surface area contributed by atoms with Gasteiger partial charge in [0.05, 0.1) is 16.6 Å². The molecule has 0 radical (unpaired) electrons. The molecule has 1 aliphatic rings. The highest BCUT2D eigenvalue weighted by atomic mass is 19.1. The number of H-pyrrole nitrogens is 1. The predicted octanol–water partition coefficient (Wildman–Crippen LogP) is 6.26. The lowest BCUT2D eigenvalue weighted by Gasteiger charge is -2.32. The number of carboxylic acids is 1. The normalized spacial score (nSPS) is 14.9. The molecule has 1 saturated carbocycles. The zero-order chi connectivity index (χ0) is 23.7. The van der Waals surface area contributed by atoms with Crippen molar-refractivity contribution in [3.05, 3.63) is 101 Å². The molecule has 0 bridgehead atoms. The molecule has 0 spiro atoms. The van der Waals surface area contributed by atoms with E-state index >= 15 is 0 Å². The molecule has 0 saturated heterocycles. The largest absolute Gasteiger partial charge is 0.478 e. The highest BCUT2D eigenvalue weighted by Crippen LogP contribution is 2.45. The van der Waals surface area contributed by atoms with Crippen molar-refractivity contribution in [1.29, 1.82) is 0 Å². The molecule has 5 nitrogen and oxygen atoms in total. The van der Waals surface area contributed by atoms with Crippen LogP contribution in [0.25, 0.3) is 28.1 Å². The van der Waals surface area contributed by atoms with Crippen LogP contribution in [0.3, 0.4) is 0 Å². The number of halogens is 1. The summed E-state index contributed by atoms with van der Waals surface area (Å²) in [6.07, 6.45) is 5.95. The lowest BCUT2D eigenvalue weighted by molar-refractivity contribution is -0.131. The lowest BCUT2D eigenvalue weighted by atomic mass is 9.73. The lowest BCUT2D eigenvalue weighted by Crippen LogP contribution is -2.15. The Bertz CT molecular complexity index is 1430. The molecule has 0 amide bonds. The molecule has 34 heavy (non-hydrogen) atoms. The summed E-state index contributed by atoms with van der Waals surface area (Å²) in [5, 5.41) is 15.9. The van der Waals surface area contributed by atoms with Crippen LogP contribution < -0.4 is 0 Å². The zero-order valence-corrected chi connectivity index (χ0v) is 18.8. The Hall–Kier alpha value is -4.06. The summed E-state index contributed by atoms with van der Waals surface area (Å²) in [4.78, 5) is 15.6. The predicted molar refractivity (Wildman–Crippen MR) is 131 cm³/mol. The highest BCUT2D eigenvalue weighted by molar-refractivity contribution is 6.01. The first-order chi connectivity index (χ1) is 16.5. The maximum Gasteiger partial charge on any atom is 0.328 e. The SMILES string of the molecule is Cc1nc(/C=C/C(=O)O)ccc1C(=C(c1ccccc1)C1CCC1)c1ccc2n[nH]c(F)c2c1. The van der Waals surface area contributed by atoms with Gasteiger partial charge < -0.3 is 5.11 Å². The van der Waals surface area contributed by atoms with Gasteiger partial charge in [0.2, 0.25) is 5.95 Å². The quantitative estimate of drug-likeness (QED) is 0.267. The first-order valence-corrected chi connectivity index (χ1v) is 11.3. The van der Waals surface area contributed by atoms with Gasteiger partial charge in [0.25, 0.3) is 0 Å². The van der Waals surface area contributed by atoms with Crippen molar-refractivity contribution < 1.29 is 14.3 Å². The first kappa shape index (κ1) is 21.8. The van der Waals surface area contributed by atoms with Crippen LogP contribution >= 0.6 is 0 Å². The minimum Gasteiger partial charge on any atom is -0.478 e. The molecule has 0 atom stereocenters. The average Bonchev–Trinajstić information content (AvgIpc) is 3.18. The van der Waals surface area contributed by atoms with Gasteiger partial charge in [-0.15, -0.1) is 0 Å². The van der Waals surface area contributed by atoms with E-state index in [0.717, 1.165) is 46.9 Å². The molecule has 6 heteroatoms. The van der Waals surface area contributed by atoms with Crippen molar-refractivity contribution in [3.63, 3.8) is 0 Å². The number of hydrogen-bond acceptors (Lipinski definition) is 3. The number of rotatable bonds is 6. The molecule has 2 heterocycles. The number of carboxylic acid groups (broad SMARTS) is 1. The van der Waals surface area contributed by atoms with Gasteiger partial charge in [0, 0.05) is 17.3 Å². The number of aliphatic carboxylic acids is 1. The Labute approximate surface area is 196 Å². The molecule has 5 rings (SSSR count). The molecule has 2 N–H and O–H groups in total. The Balaban J connectivity index is 1.77. The molecular formula is C28H24FN3O2. The van der Waals surface area contributed by atoms with Gasteiger partial charge in [-0.2, -0.15) is 9.49 Å². The monoisotopic (exact) mass is 453 g/mol. The first-order valence-electron chi connectivity index (χ1n) is 11.3. The average molecular weight is 454 g/mol. The number of carbonyl (C=O) groups is 1. The smallest absolute Gasteiger partial charge is 0.328 e. The van der Waals surface area contributed by atoms with Crippen molar-refractivity contribution in [1.82, 2.24) is 15.2 Å². The van der Waals surface area contributed by atoms with Crippen LogP contribution in [0.4, 0.5) is 4.39 Å². The van der Waals surface area contributed by atoms with E-state index in [-0.39, 0.29) is 0 Å². The zero-order valence-electron chi connectivity index (χ0n) is 18.8. The highest BCUT2D eigenvalue weighted by Gasteiger charge is 2.28. The third-order valence-corrected chi connectivity index (χ3v) is 6.44. The standard InChI is InChI=1S/C28H24FN3O2/c1-17-22(13-11-21(30-17)12-15-25(33)34)27(20-10-14-24-23(16-20)28(29)32-31-24)26(19-8-5-9-19)18-6-3-2-4-7-18/h2-4,6-7,10-16,19H,5,8-9H2,1H3,(H,31,32)(H,33,34)/b15-12+,27-26?. The number of nitrogens with zero attached hydrogens (tertiary/aromatic N) is 2. The molecule has 2 aromatic carbocycles. The van der Waals surface area contributed by atoms with Gasteiger partial charge in [0.1, 0.15) is 0 Å². The Morgan fingerprint density at radius 3 is 2.56 bits per heavy atom. The number of aromatic nitrogens is 3. The topological polar surface area (TPSA) is 78.9 Å². The van der Waals surface area contributed by atoms with Crippen molar-refractivity contribution in [2.24, 2.45) is 5.92 Å². The van der Waals surface area contributed by atoms with Crippen LogP contribution in [0.2, 0.25) is 0 Å². The molecular weight excluding hydrogens is 429 g/mol. The minimum atomic E-state index is -1.02. The number of aromatic amines is 1. The van der Waals surface area contributed by atoms with E-state index in [2.05, 4.69) is 27.3 Å². The van der Waals surface area contributed by atoms with E-state index in [9.17, 15) is 9.18 Å². The van der Waals surface area contributed by atoms with E-state index in [1.54, 1.807) is 0 Å². The molecule has 0 unspecified atom stereocenters. The number of nitrogens with one attached hydrogen (secondary N) is 1. The molecule has 170 valence electrons. The molecule has 1 fully saturated rings. The Morgan fingerprint density at radius 1 is 1.09 bits per heavy atom. The molecule has 4 aromatic rings. The van der Waals surface area contributed by atoms with Crippen LogP contribution in [-0.2, 0) is 4.79 Å². The maximum atomic E-state index is 14.4. The van der Waals surface area contributed by atoms with E-state index in [1.807, 2.05) is 55.5 Å². The van der Waals surface area contributed by atoms with E-state index in [0.29, 0.717) is 22.5 Å². The summed E-state index contributed by atoms with van der Waals surface area (Å²) < 4.78 is 14.4. The fourth-order valence-corrected chi connectivity index (χ4v) is 4.58. The third-order valence-electron chi connectivity index (χ3n) is 6.44. The Kier molecular flexibility index (Phi) is 5.80. The van der Waals surface area contributed by atoms with Crippen LogP contribution in [0.15, 0.2) is 66.7 Å². The second-order valence-electron chi connectivity index (χ2n) is 8.59. The van der Waals surface area contributed by atoms with Crippen molar-refractivity contribution >= 4 is 34.1 Å². The number of hydrogen-bond donors (Lipinski definition) is 2. The molecule has 0 aliphatic heterocycles. The van der Waals surface area contributed by atoms with E-state index < -0.39 is 11.9 Å². The van der Waals surface area contributed by atoms with Crippen molar-refractivity contribution in [2.45, 2.75) is 26.2 Å². The fraction of sp³-hybridized carbons (Fsp3) is 0.179. The van der Waals surface area contributed by atoms with Gasteiger partial charge in [-0.3, -0.25) is 10.1 Å². The molecule has 1 aliphatic carbocycles. The van der Waals surface area contributed by atoms with Gasteiger partial charge in [-0.05, 0) is 72.2 Å². The second-order valence-corrected chi connectivity index (χ2v) is 8.59.